The molecule has 0 radical (unpaired) electrons. The van der Waals surface area contributed by atoms with Gasteiger partial charge in [-0.25, -0.2) is 0 Å². The van der Waals surface area contributed by atoms with E-state index in [-0.39, 0.29) is 18.3 Å². The van der Waals surface area contributed by atoms with Crippen molar-refractivity contribution >= 4 is 29.9 Å². The van der Waals surface area contributed by atoms with Crippen LogP contribution in [0.1, 0.15) is 35.7 Å². The van der Waals surface area contributed by atoms with Crippen LogP contribution in [-0.4, -0.2) is 49.0 Å². The summed E-state index contributed by atoms with van der Waals surface area (Å²) in [5, 5.41) is 0.781. The van der Waals surface area contributed by atoms with Gasteiger partial charge in [-0.05, 0) is 80.7 Å². The molecular weight excluding hydrogens is 407 g/mol. The van der Waals surface area contributed by atoms with Gasteiger partial charge in [0.2, 0.25) is 0 Å². The summed E-state index contributed by atoms with van der Waals surface area (Å²) in [6.45, 7) is 6.72. The van der Waals surface area contributed by atoms with Gasteiger partial charge >= 0.3 is 0 Å². The number of methoxy groups -OCH3 is 1. The van der Waals surface area contributed by atoms with Crippen LogP contribution < -0.4 is 4.74 Å². The zero-order chi connectivity index (χ0) is 19.9. The van der Waals surface area contributed by atoms with Gasteiger partial charge in [-0.15, -0.1) is 12.4 Å². The molecule has 3 rings (SSSR count). The van der Waals surface area contributed by atoms with Gasteiger partial charge < -0.3 is 9.64 Å². The number of hydrogen-bond acceptors (Lipinski definition) is 3. The molecule has 2 aromatic carbocycles. The molecule has 0 bridgehead atoms. The first-order valence-corrected chi connectivity index (χ1v) is 10.4. The molecule has 1 saturated heterocycles. The van der Waals surface area contributed by atoms with Crippen molar-refractivity contribution in [1.82, 2.24) is 9.80 Å². The minimum absolute atomic E-state index is 0. The molecule has 1 amide bonds. The maximum Gasteiger partial charge on any atom is 0.253 e. The first-order valence-electron chi connectivity index (χ1n) is 9.99. The number of carbonyl (C=O) groups excluding carboxylic acids is 1. The van der Waals surface area contributed by atoms with Gasteiger partial charge in [0.25, 0.3) is 5.91 Å². The topological polar surface area (TPSA) is 32.8 Å². The lowest BCUT2D eigenvalue weighted by molar-refractivity contribution is 0.0698. The molecule has 1 aliphatic rings. The summed E-state index contributed by atoms with van der Waals surface area (Å²) in [4.78, 5) is 17.3. The van der Waals surface area contributed by atoms with Gasteiger partial charge in [-0.2, -0.15) is 0 Å². The van der Waals surface area contributed by atoms with Gasteiger partial charge in [0.05, 0.1) is 7.11 Å². The lowest BCUT2D eigenvalue weighted by Crippen LogP contribution is -2.40. The monoisotopic (exact) mass is 436 g/mol. The quantitative estimate of drug-likeness (QED) is 0.601. The van der Waals surface area contributed by atoms with Gasteiger partial charge in [0.15, 0.2) is 0 Å². The highest BCUT2D eigenvalue weighted by atomic mass is 35.5. The zero-order valence-electron chi connectivity index (χ0n) is 17.1. The molecular formula is C23H30Cl2N2O2. The Morgan fingerprint density at radius 2 is 1.72 bits per heavy atom. The van der Waals surface area contributed by atoms with Crippen molar-refractivity contribution in [3.63, 3.8) is 0 Å². The molecule has 29 heavy (non-hydrogen) atoms. The number of likely N-dealkylation sites (tertiary alicyclic amines) is 1. The van der Waals surface area contributed by atoms with E-state index in [0.29, 0.717) is 5.92 Å². The predicted octanol–water partition coefficient (Wildman–Crippen LogP) is 5.14. The van der Waals surface area contributed by atoms with E-state index in [4.69, 9.17) is 16.3 Å². The fourth-order valence-electron chi connectivity index (χ4n) is 3.76. The minimum atomic E-state index is 0. The van der Waals surface area contributed by atoms with E-state index in [1.54, 1.807) is 7.11 Å². The van der Waals surface area contributed by atoms with E-state index in [1.807, 2.05) is 41.3 Å². The Hall–Kier alpha value is -1.75. The lowest BCUT2D eigenvalue weighted by atomic mass is 9.95. The van der Waals surface area contributed by atoms with E-state index >= 15 is 0 Å². The summed E-state index contributed by atoms with van der Waals surface area (Å²) in [6.07, 6.45) is 2.25. The van der Waals surface area contributed by atoms with Crippen molar-refractivity contribution in [3.8, 4) is 5.75 Å². The Bertz CT molecular complexity index is 757. The van der Waals surface area contributed by atoms with Crippen LogP contribution in [-0.2, 0) is 6.54 Å². The number of piperidine rings is 1. The third-order valence-corrected chi connectivity index (χ3v) is 5.76. The highest BCUT2D eigenvalue weighted by Crippen LogP contribution is 2.22. The highest BCUT2D eigenvalue weighted by Gasteiger charge is 2.23. The Kier molecular flexibility index (Phi) is 9.28. The summed E-state index contributed by atoms with van der Waals surface area (Å²) in [5.41, 5.74) is 2.02. The molecule has 0 saturated carbocycles. The van der Waals surface area contributed by atoms with Crippen molar-refractivity contribution in [1.29, 1.82) is 0 Å². The molecule has 0 spiro atoms. The fourth-order valence-corrected chi connectivity index (χ4v) is 3.88. The average Bonchev–Trinajstić information content (AvgIpc) is 2.74. The summed E-state index contributed by atoms with van der Waals surface area (Å²) >= 11 is 5.97. The van der Waals surface area contributed by atoms with E-state index in [9.17, 15) is 4.79 Å². The number of hydrogen-bond donors (Lipinski definition) is 0. The summed E-state index contributed by atoms with van der Waals surface area (Å²) in [6, 6.07) is 15.5. The summed E-state index contributed by atoms with van der Waals surface area (Å²) < 4.78 is 5.18. The minimum Gasteiger partial charge on any atom is -0.497 e. The van der Waals surface area contributed by atoms with Gasteiger partial charge in [0.1, 0.15) is 5.75 Å². The second-order valence-electron chi connectivity index (χ2n) is 7.42. The fraction of sp³-hybridized carbons (Fsp3) is 0.435. The van der Waals surface area contributed by atoms with Crippen molar-refractivity contribution < 1.29 is 9.53 Å². The number of halogens is 2. The molecule has 0 N–H and O–H groups in total. The highest BCUT2D eigenvalue weighted by molar-refractivity contribution is 6.30. The van der Waals surface area contributed by atoms with Gasteiger partial charge in [0, 0.05) is 30.2 Å². The van der Waals surface area contributed by atoms with E-state index in [1.165, 1.54) is 5.56 Å². The van der Waals surface area contributed by atoms with Crippen LogP contribution in [0.5, 0.6) is 5.75 Å². The molecule has 0 aliphatic carbocycles. The SMILES string of the molecule is CCN(CC1CCN(Cc2ccc(Cl)cc2)CC1)C(=O)c1ccc(OC)cc1.Cl. The number of amides is 1. The second-order valence-corrected chi connectivity index (χ2v) is 7.85. The van der Waals surface area contributed by atoms with Crippen LogP contribution in [0.2, 0.25) is 5.02 Å². The Balaban J connectivity index is 0.00000300. The number of carbonyl (C=O) groups is 1. The van der Waals surface area contributed by atoms with Gasteiger partial charge in [-0.1, -0.05) is 23.7 Å². The molecule has 0 unspecified atom stereocenters. The molecule has 0 atom stereocenters. The first-order chi connectivity index (χ1) is 13.6. The van der Waals surface area contributed by atoms with Crippen molar-refractivity contribution in [3.05, 3.63) is 64.7 Å². The van der Waals surface area contributed by atoms with Gasteiger partial charge in [-0.3, -0.25) is 9.69 Å². The van der Waals surface area contributed by atoms with Crippen LogP contribution in [0.3, 0.4) is 0 Å². The molecule has 2 aromatic rings. The molecule has 1 heterocycles. The van der Waals surface area contributed by atoms with E-state index in [0.717, 1.165) is 61.9 Å². The maximum absolute atomic E-state index is 12.8. The van der Waals surface area contributed by atoms with Crippen LogP contribution in [0.15, 0.2) is 48.5 Å². The van der Waals surface area contributed by atoms with Crippen LogP contribution in [0.25, 0.3) is 0 Å². The van der Waals surface area contributed by atoms with Crippen LogP contribution in [0, 0.1) is 5.92 Å². The zero-order valence-corrected chi connectivity index (χ0v) is 18.7. The average molecular weight is 437 g/mol. The third-order valence-electron chi connectivity index (χ3n) is 5.51. The van der Waals surface area contributed by atoms with E-state index < -0.39 is 0 Å². The molecule has 1 aliphatic heterocycles. The Labute approximate surface area is 185 Å². The standard InChI is InChI=1S/C23H29ClN2O2.ClH/c1-3-26(23(27)20-6-10-22(28-2)11-7-20)17-19-12-14-25(15-13-19)16-18-4-8-21(24)9-5-18;/h4-11,19H,3,12-17H2,1-2H3;1H. The number of ether oxygens (including phenoxy) is 1. The lowest BCUT2D eigenvalue weighted by Gasteiger charge is -2.34. The number of nitrogens with zero attached hydrogens (tertiary/aromatic N) is 2. The summed E-state index contributed by atoms with van der Waals surface area (Å²) in [7, 11) is 1.63. The Morgan fingerprint density at radius 3 is 2.28 bits per heavy atom. The smallest absolute Gasteiger partial charge is 0.253 e. The maximum atomic E-state index is 12.8. The predicted molar refractivity (Wildman–Crippen MR) is 121 cm³/mol. The molecule has 158 valence electrons. The number of rotatable bonds is 7. The Morgan fingerprint density at radius 1 is 1.10 bits per heavy atom. The van der Waals surface area contributed by atoms with E-state index in [2.05, 4.69) is 24.0 Å². The van der Waals surface area contributed by atoms with Crippen LogP contribution >= 0.6 is 24.0 Å². The largest absolute Gasteiger partial charge is 0.497 e. The number of benzene rings is 2. The molecule has 4 nitrogen and oxygen atoms in total. The molecule has 6 heteroatoms. The van der Waals surface area contributed by atoms with Crippen molar-refractivity contribution in [2.75, 3.05) is 33.3 Å². The van der Waals surface area contributed by atoms with Crippen LogP contribution in [0.4, 0.5) is 0 Å². The first kappa shape index (κ1) is 23.5. The summed E-state index contributed by atoms with van der Waals surface area (Å²) in [5.74, 6) is 1.44. The van der Waals surface area contributed by atoms with Crippen molar-refractivity contribution in [2.45, 2.75) is 26.3 Å². The second kappa shape index (κ2) is 11.4. The molecule has 1 fully saturated rings. The van der Waals surface area contributed by atoms with Crippen molar-refractivity contribution in [2.24, 2.45) is 5.92 Å². The molecule has 0 aromatic heterocycles. The third kappa shape index (κ3) is 6.63. The normalized spacial score (nSPS) is 14.9.